The number of carbonyl (C=O) groups excluding carboxylic acids is 1. The molecule has 0 radical (unpaired) electrons. The van der Waals surface area contributed by atoms with Gasteiger partial charge in [-0.05, 0) is 26.8 Å². The number of rotatable bonds is 7. The van der Waals surface area contributed by atoms with E-state index in [1.807, 2.05) is 6.92 Å². The van der Waals surface area contributed by atoms with E-state index in [0.29, 0.717) is 0 Å². The van der Waals surface area contributed by atoms with Gasteiger partial charge in [0.2, 0.25) is 5.91 Å². The summed E-state index contributed by atoms with van der Waals surface area (Å²) in [6, 6.07) is 0.116. The van der Waals surface area contributed by atoms with Gasteiger partial charge in [0.05, 0.1) is 18.8 Å². The highest BCUT2D eigenvalue weighted by atomic mass is 16.5. The molecule has 1 amide bonds. The zero-order valence-corrected chi connectivity index (χ0v) is 12.7. The largest absolute Gasteiger partial charge is 0.374 e. The van der Waals surface area contributed by atoms with Gasteiger partial charge in [-0.3, -0.25) is 4.79 Å². The van der Waals surface area contributed by atoms with Crippen LogP contribution in [0.25, 0.3) is 0 Å². The van der Waals surface area contributed by atoms with Crippen molar-refractivity contribution in [3.63, 3.8) is 0 Å². The molecule has 5 nitrogen and oxygen atoms in total. The van der Waals surface area contributed by atoms with Gasteiger partial charge in [-0.25, -0.2) is 0 Å². The summed E-state index contributed by atoms with van der Waals surface area (Å²) in [6.07, 6.45) is 2.14. The standard InChI is InChI=1S/C14H29N3O2/c1-5-12(6-2)16-14(18)11(3)15-9-13-10-17(4)7-8-19-13/h11-13,15H,5-10H2,1-4H3,(H,16,18). The van der Waals surface area contributed by atoms with E-state index in [9.17, 15) is 4.79 Å². The van der Waals surface area contributed by atoms with Crippen molar-refractivity contribution in [1.82, 2.24) is 15.5 Å². The first-order valence-electron chi connectivity index (χ1n) is 7.40. The molecule has 1 aliphatic rings. The summed E-state index contributed by atoms with van der Waals surface area (Å²) < 4.78 is 5.67. The average Bonchev–Trinajstić information content (AvgIpc) is 2.41. The number of likely N-dealkylation sites (N-methyl/N-ethyl adjacent to an activating group) is 1. The lowest BCUT2D eigenvalue weighted by Crippen LogP contribution is -2.51. The van der Waals surface area contributed by atoms with Gasteiger partial charge < -0.3 is 20.3 Å². The van der Waals surface area contributed by atoms with Crippen molar-refractivity contribution in [1.29, 1.82) is 0 Å². The van der Waals surface area contributed by atoms with Crippen LogP contribution in [-0.2, 0) is 9.53 Å². The molecule has 1 heterocycles. The summed E-state index contributed by atoms with van der Waals surface area (Å²) in [5.41, 5.74) is 0. The van der Waals surface area contributed by atoms with Crippen molar-refractivity contribution in [3.8, 4) is 0 Å². The number of carbonyl (C=O) groups is 1. The molecule has 0 spiro atoms. The average molecular weight is 271 g/mol. The Hall–Kier alpha value is -0.650. The summed E-state index contributed by atoms with van der Waals surface area (Å²) in [5, 5.41) is 6.32. The van der Waals surface area contributed by atoms with Gasteiger partial charge in [-0.15, -0.1) is 0 Å². The van der Waals surface area contributed by atoms with Gasteiger partial charge in [0.15, 0.2) is 0 Å². The Balaban J connectivity index is 2.25. The highest BCUT2D eigenvalue weighted by molar-refractivity contribution is 5.81. The van der Waals surface area contributed by atoms with Crippen LogP contribution in [0, 0.1) is 0 Å². The van der Waals surface area contributed by atoms with Crippen LogP contribution in [0.3, 0.4) is 0 Å². The van der Waals surface area contributed by atoms with Gasteiger partial charge in [0.1, 0.15) is 0 Å². The minimum Gasteiger partial charge on any atom is -0.374 e. The van der Waals surface area contributed by atoms with Gasteiger partial charge in [0, 0.05) is 25.7 Å². The molecule has 1 rings (SSSR count). The maximum absolute atomic E-state index is 12.0. The third-order valence-corrected chi connectivity index (χ3v) is 3.72. The minimum absolute atomic E-state index is 0.0814. The predicted octanol–water partition coefficient (Wildman–Crippen LogP) is 0.600. The van der Waals surface area contributed by atoms with E-state index in [2.05, 4.69) is 36.4 Å². The summed E-state index contributed by atoms with van der Waals surface area (Å²) in [6.45, 7) is 9.51. The highest BCUT2D eigenvalue weighted by Crippen LogP contribution is 2.02. The van der Waals surface area contributed by atoms with Crippen molar-refractivity contribution in [2.45, 2.75) is 51.8 Å². The summed E-state index contributed by atoms with van der Waals surface area (Å²) in [4.78, 5) is 14.2. The van der Waals surface area contributed by atoms with Crippen molar-refractivity contribution < 1.29 is 9.53 Å². The molecule has 2 atom stereocenters. The molecule has 0 bridgehead atoms. The Morgan fingerprint density at radius 3 is 2.68 bits per heavy atom. The first-order chi connectivity index (χ1) is 9.06. The number of ether oxygens (including phenoxy) is 1. The third-order valence-electron chi connectivity index (χ3n) is 3.72. The van der Waals surface area contributed by atoms with Crippen molar-refractivity contribution in [3.05, 3.63) is 0 Å². The summed E-state index contributed by atoms with van der Waals surface area (Å²) >= 11 is 0. The Kier molecular flexibility index (Phi) is 7.34. The number of nitrogens with zero attached hydrogens (tertiary/aromatic N) is 1. The number of nitrogens with one attached hydrogen (secondary N) is 2. The maximum atomic E-state index is 12.0. The zero-order chi connectivity index (χ0) is 14.3. The van der Waals surface area contributed by atoms with Crippen LogP contribution in [-0.4, -0.2) is 62.3 Å². The smallest absolute Gasteiger partial charge is 0.237 e. The molecule has 5 heteroatoms. The normalized spacial score (nSPS) is 22.5. The van der Waals surface area contributed by atoms with E-state index < -0.39 is 0 Å². The fourth-order valence-corrected chi connectivity index (χ4v) is 2.21. The second-order valence-electron chi connectivity index (χ2n) is 5.41. The summed E-state index contributed by atoms with van der Waals surface area (Å²) in [5.74, 6) is 0.0814. The lowest BCUT2D eigenvalue weighted by atomic mass is 10.1. The second-order valence-corrected chi connectivity index (χ2v) is 5.41. The first kappa shape index (κ1) is 16.4. The number of morpholine rings is 1. The molecule has 0 aromatic heterocycles. The predicted molar refractivity (Wildman–Crippen MR) is 77.2 cm³/mol. The molecule has 0 aromatic rings. The van der Waals surface area contributed by atoms with Crippen LogP contribution < -0.4 is 10.6 Å². The van der Waals surface area contributed by atoms with Crippen LogP contribution in [0.4, 0.5) is 0 Å². The van der Waals surface area contributed by atoms with Gasteiger partial charge in [-0.2, -0.15) is 0 Å². The molecule has 0 aliphatic carbocycles. The third kappa shape index (κ3) is 5.89. The monoisotopic (exact) mass is 271 g/mol. The van der Waals surface area contributed by atoms with Crippen LogP contribution in [0.15, 0.2) is 0 Å². The molecular formula is C14H29N3O2. The van der Waals surface area contributed by atoms with E-state index in [4.69, 9.17) is 4.74 Å². The van der Waals surface area contributed by atoms with E-state index in [1.54, 1.807) is 0 Å². The fourth-order valence-electron chi connectivity index (χ4n) is 2.21. The van der Waals surface area contributed by atoms with Crippen LogP contribution in [0.5, 0.6) is 0 Å². The maximum Gasteiger partial charge on any atom is 0.237 e. The highest BCUT2D eigenvalue weighted by Gasteiger charge is 2.20. The number of hydrogen-bond acceptors (Lipinski definition) is 4. The van der Waals surface area contributed by atoms with Crippen molar-refractivity contribution in [2.75, 3.05) is 33.3 Å². The molecule has 112 valence electrons. The van der Waals surface area contributed by atoms with Crippen molar-refractivity contribution in [2.24, 2.45) is 0 Å². The number of hydrogen-bond donors (Lipinski definition) is 2. The summed E-state index contributed by atoms with van der Waals surface area (Å²) in [7, 11) is 2.10. The zero-order valence-electron chi connectivity index (χ0n) is 12.7. The van der Waals surface area contributed by atoms with E-state index in [-0.39, 0.29) is 24.1 Å². The Labute approximate surface area is 117 Å². The molecule has 1 aliphatic heterocycles. The second kappa shape index (κ2) is 8.51. The van der Waals surface area contributed by atoms with Gasteiger partial charge >= 0.3 is 0 Å². The Morgan fingerprint density at radius 1 is 1.42 bits per heavy atom. The molecule has 2 N–H and O–H groups in total. The lowest BCUT2D eigenvalue weighted by molar-refractivity contribution is -0.123. The van der Waals surface area contributed by atoms with E-state index >= 15 is 0 Å². The fraction of sp³-hybridized carbons (Fsp3) is 0.929. The molecule has 0 saturated carbocycles. The van der Waals surface area contributed by atoms with Gasteiger partial charge in [0.25, 0.3) is 0 Å². The molecule has 19 heavy (non-hydrogen) atoms. The molecular weight excluding hydrogens is 242 g/mol. The molecule has 1 fully saturated rings. The molecule has 2 unspecified atom stereocenters. The van der Waals surface area contributed by atoms with Crippen LogP contribution in [0.2, 0.25) is 0 Å². The van der Waals surface area contributed by atoms with E-state index in [0.717, 1.165) is 39.1 Å². The van der Waals surface area contributed by atoms with Crippen LogP contribution in [0.1, 0.15) is 33.6 Å². The van der Waals surface area contributed by atoms with E-state index in [1.165, 1.54) is 0 Å². The Morgan fingerprint density at radius 2 is 2.11 bits per heavy atom. The van der Waals surface area contributed by atoms with Crippen LogP contribution >= 0.6 is 0 Å². The molecule has 0 aromatic carbocycles. The lowest BCUT2D eigenvalue weighted by Gasteiger charge is -2.31. The van der Waals surface area contributed by atoms with Gasteiger partial charge in [-0.1, -0.05) is 13.8 Å². The number of amides is 1. The van der Waals surface area contributed by atoms with Crippen molar-refractivity contribution >= 4 is 5.91 Å². The first-order valence-corrected chi connectivity index (χ1v) is 7.40. The quantitative estimate of drug-likeness (QED) is 0.712. The Bertz CT molecular complexity index is 269. The minimum atomic E-state index is -0.170. The SMILES string of the molecule is CCC(CC)NC(=O)C(C)NCC1CN(C)CCO1. The molecule has 1 saturated heterocycles. The topological polar surface area (TPSA) is 53.6 Å².